The number of fused-ring (bicyclic) bond motifs is 2. The van der Waals surface area contributed by atoms with E-state index < -0.39 is 5.54 Å². The Morgan fingerprint density at radius 3 is 2.79 bits per heavy atom. The molecule has 0 aliphatic carbocycles. The molecule has 9 heteroatoms. The van der Waals surface area contributed by atoms with Gasteiger partial charge in [0.15, 0.2) is 0 Å². The average Bonchev–Trinajstić information content (AvgIpc) is 3.40. The number of rotatable bonds is 4. The molecule has 1 N–H and O–H groups in total. The second-order valence-electron chi connectivity index (χ2n) is 7.50. The highest BCUT2D eigenvalue weighted by atomic mass is 16.5. The largest absolute Gasteiger partial charge is 0.375 e. The third-order valence-electron chi connectivity index (χ3n) is 6.06. The van der Waals surface area contributed by atoms with Gasteiger partial charge in [0.05, 0.1) is 23.9 Å². The van der Waals surface area contributed by atoms with Crippen molar-refractivity contribution in [1.29, 1.82) is 0 Å². The maximum absolute atomic E-state index is 12.9. The normalized spacial score (nSPS) is 19.5. The predicted octanol–water partition coefficient (Wildman–Crippen LogP) is 0.716. The van der Waals surface area contributed by atoms with E-state index in [2.05, 4.69) is 15.0 Å². The van der Waals surface area contributed by atoms with Gasteiger partial charge in [0, 0.05) is 51.3 Å². The summed E-state index contributed by atoms with van der Waals surface area (Å²) in [7, 11) is 1.53. The van der Waals surface area contributed by atoms with Crippen LogP contribution in [0.3, 0.4) is 0 Å². The second kappa shape index (κ2) is 7.38. The third-order valence-corrected chi connectivity index (χ3v) is 6.06. The lowest BCUT2D eigenvalue weighted by Crippen LogP contribution is -2.59. The number of methoxy groups -OCH3 is 1. The number of hydrogen-bond donors (Lipinski definition) is 1. The molecule has 1 atom stereocenters. The van der Waals surface area contributed by atoms with Gasteiger partial charge in [0.2, 0.25) is 11.8 Å². The van der Waals surface area contributed by atoms with Gasteiger partial charge in [0.1, 0.15) is 12.6 Å². The van der Waals surface area contributed by atoms with Gasteiger partial charge >= 0.3 is 0 Å². The average molecular weight is 386 g/mol. The first-order valence-corrected chi connectivity index (χ1v) is 9.65. The monoisotopic (exact) mass is 386 g/mol. The number of aromatic amines is 1. The van der Waals surface area contributed by atoms with E-state index in [-0.39, 0.29) is 24.5 Å². The van der Waals surface area contributed by atoms with Crippen LogP contribution >= 0.6 is 0 Å². The van der Waals surface area contributed by atoms with Crippen molar-refractivity contribution in [2.75, 3.05) is 33.4 Å². The van der Waals surface area contributed by atoms with E-state index in [9.17, 15) is 9.59 Å². The first kappa shape index (κ1) is 18.7. The highest BCUT2D eigenvalue weighted by Gasteiger charge is 2.49. The molecule has 1 spiro atoms. The predicted molar refractivity (Wildman–Crippen MR) is 100 cm³/mol. The number of H-pyrrole nitrogens is 1. The Morgan fingerprint density at radius 1 is 1.32 bits per heavy atom. The molecule has 2 amide bonds. The van der Waals surface area contributed by atoms with Crippen molar-refractivity contribution in [3.05, 3.63) is 36.4 Å². The minimum absolute atomic E-state index is 0.0253. The van der Waals surface area contributed by atoms with Crippen LogP contribution in [-0.4, -0.2) is 74.5 Å². The van der Waals surface area contributed by atoms with Gasteiger partial charge in [-0.15, -0.1) is 0 Å². The fourth-order valence-electron chi connectivity index (χ4n) is 4.54. The first-order valence-electron chi connectivity index (χ1n) is 9.65. The summed E-state index contributed by atoms with van der Waals surface area (Å²) in [6.45, 7) is 3.75. The molecular formula is C19H26N6O3. The van der Waals surface area contributed by atoms with Gasteiger partial charge in [-0.05, 0) is 19.8 Å². The van der Waals surface area contributed by atoms with Crippen molar-refractivity contribution in [3.8, 4) is 0 Å². The summed E-state index contributed by atoms with van der Waals surface area (Å²) in [5, 5.41) is 0. The molecule has 9 nitrogen and oxygen atoms in total. The van der Waals surface area contributed by atoms with Gasteiger partial charge in [-0.1, -0.05) is 0 Å². The Labute approximate surface area is 163 Å². The summed E-state index contributed by atoms with van der Waals surface area (Å²) in [6.07, 6.45) is 8.94. The number of hydrogen-bond acceptors (Lipinski definition) is 5. The number of nitrogens with zero attached hydrogens (tertiary/aromatic N) is 5. The Morgan fingerprint density at radius 2 is 2.11 bits per heavy atom. The van der Waals surface area contributed by atoms with E-state index in [1.54, 1.807) is 25.0 Å². The van der Waals surface area contributed by atoms with Crippen molar-refractivity contribution >= 4 is 11.8 Å². The van der Waals surface area contributed by atoms with E-state index in [0.717, 1.165) is 17.8 Å². The molecule has 2 aliphatic heterocycles. The number of aromatic nitrogens is 4. The fraction of sp³-hybridized carbons (Fsp3) is 0.579. The number of likely N-dealkylation sites (tertiary alicyclic amines) is 1. The zero-order chi connectivity index (χ0) is 19.7. The van der Waals surface area contributed by atoms with Crippen molar-refractivity contribution in [2.45, 2.75) is 37.8 Å². The zero-order valence-corrected chi connectivity index (χ0v) is 16.3. The summed E-state index contributed by atoms with van der Waals surface area (Å²) < 4.78 is 6.91. The molecule has 2 aromatic rings. The molecule has 1 fully saturated rings. The summed E-state index contributed by atoms with van der Waals surface area (Å²) in [5.74, 6) is 0.0448. The molecule has 4 heterocycles. The Hall–Kier alpha value is -2.68. The van der Waals surface area contributed by atoms with Crippen LogP contribution < -0.4 is 0 Å². The van der Waals surface area contributed by atoms with E-state index in [1.807, 2.05) is 21.3 Å². The maximum atomic E-state index is 12.9. The van der Waals surface area contributed by atoms with E-state index >= 15 is 0 Å². The number of piperidine rings is 1. The van der Waals surface area contributed by atoms with Crippen LogP contribution in [0.5, 0.6) is 0 Å². The lowest BCUT2D eigenvalue weighted by molar-refractivity contribution is -0.148. The number of nitrogens with one attached hydrogen (secondary N) is 1. The highest BCUT2D eigenvalue weighted by Crippen LogP contribution is 2.42. The number of imidazole rings is 2. The van der Waals surface area contributed by atoms with Gasteiger partial charge in [-0.3, -0.25) is 9.59 Å². The SMILES string of the molecule is COCC(=O)N1CCc2[nH]cnc2C12CCN(C(=O)[C@@H](C)n1ccnc1)CC2. The molecule has 2 aromatic heterocycles. The van der Waals surface area contributed by atoms with Gasteiger partial charge < -0.3 is 24.1 Å². The molecule has 0 saturated carbocycles. The van der Waals surface area contributed by atoms with E-state index in [4.69, 9.17) is 4.74 Å². The van der Waals surface area contributed by atoms with Crippen molar-refractivity contribution in [2.24, 2.45) is 0 Å². The molecule has 0 radical (unpaired) electrons. The van der Waals surface area contributed by atoms with Crippen LogP contribution in [0, 0.1) is 0 Å². The Balaban J connectivity index is 1.55. The maximum Gasteiger partial charge on any atom is 0.249 e. The molecule has 28 heavy (non-hydrogen) atoms. The molecule has 150 valence electrons. The van der Waals surface area contributed by atoms with Crippen molar-refractivity contribution in [1.82, 2.24) is 29.3 Å². The Kier molecular flexibility index (Phi) is 4.92. The molecule has 0 unspecified atom stereocenters. The fourth-order valence-corrected chi connectivity index (χ4v) is 4.54. The first-order chi connectivity index (χ1) is 13.6. The highest BCUT2D eigenvalue weighted by molar-refractivity contribution is 5.81. The van der Waals surface area contributed by atoms with Crippen molar-refractivity contribution in [3.63, 3.8) is 0 Å². The standard InChI is InChI=1S/C19H26N6O3/c1-14(24-10-6-20-13-24)18(27)23-8-4-19(5-9-23)17-15(21-12-22-17)3-7-25(19)16(26)11-28-2/h6,10,12-14H,3-5,7-9,11H2,1-2H3,(H,21,22)/t14-/m1/s1. The summed E-state index contributed by atoms with van der Waals surface area (Å²) in [4.78, 5) is 41.3. The van der Waals surface area contributed by atoms with Crippen LogP contribution in [0.25, 0.3) is 0 Å². The third kappa shape index (κ3) is 2.99. The second-order valence-corrected chi connectivity index (χ2v) is 7.50. The summed E-state index contributed by atoms with van der Waals surface area (Å²) in [5.41, 5.74) is 1.56. The molecular weight excluding hydrogens is 360 g/mol. The quantitative estimate of drug-likeness (QED) is 0.835. The molecule has 0 bridgehead atoms. The number of ether oxygens (including phenoxy) is 1. The van der Waals surface area contributed by atoms with Crippen LogP contribution in [-0.2, 0) is 26.3 Å². The topological polar surface area (TPSA) is 96.4 Å². The minimum atomic E-state index is -0.474. The molecule has 1 saturated heterocycles. The van der Waals surface area contributed by atoms with E-state index in [0.29, 0.717) is 32.5 Å². The van der Waals surface area contributed by atoms with Crippen molar-refractivity contribution < 1.29 is 14.3 Å². The number of carbonyl (C=O) groups excluding carboxylic acids is 2. The van der Waals surface area contributed by atoms with E-state index in [1.165, 1.54) is 7.11 Å². The van der Waals surface area contributed by atoms with Gasteiger partial charge in [-0.2, -0.15) is 0 Å². The van der Waals surface area contributed by atoms with Gasteiger partial charge in [-0.25, -0.2) is 9.97 Å². The summed E-state index contributed by atoms with van der Waals surface area (Å²) in [6, 6.07) is -0.296. The smallest absolute Gasteiger partial charge is 0.249 e. The minimum Gasteiger partial charge on any atom is -0.375 e. The summed E-state index contributed by atoms with van der Waals surface area (Å²) >= 11 is 0. The number of carbonyl (C=O) groups is 2. The number of amides is 2. The van der Waals surface area contributed by atoms with Crippen LogP contribution in [0.4, 0.5) is 0 Å². The molecule has 2 aliphatic rings. The molecule has 4 rings (SSSR count). The van der Waals surface area contributed by atoms with Crippen LogP contribution in [0.1, 0.15) is 37.2 Å². The zero-order valence-electron chi connectivity index (χ0n) is 16.3. The van der Waals surface area contributed by atoms with Gasteiger partial charge in [0.25, 0.3) is 0 Å². The lowest BCUT2D eigenvalue weighted by Gasteiger charge is -2.50. The lowest BCUT2D eigenvalue weighted by atomic mass is 9.78. The van der Waals surface area contributed by atoms with Crippen LogP contribution in [0.15, 0.2) is 25.0 Å². The Bertz CT molecular complexity index is 838. The molecule has 0 aromatic carbocycles. The van der Waals surface area contributed by atoms with Crippen LogP contribution in [0.2, 0.25) is 0 Å².